The maximum atomic E-state index is 12.7. The first kappa shape index (κ1) is 13.8. The standard InChI is InChI=1S/C6H11F2NO2S.C2H6/c1-12(10,11)9-4-2-3-6(7,8)5-9;1-2/h2-5H2,1H3;1-2H3. The van der Waals surface area contributed by atoms with E-state index < -0.39 is 22.5 Å². The molecule has 0 aromatic carbocycles. The Morgan fingerprint density at radius 1 is 1.29 bits per heavy atom. The van der Waals surface area contributed by atoms with Crippen molar-refractivity contribution in [2.75, 3.05) is 19.3 Å². The highest BCUT2D eigenvalue weighted by atomic mass is 32.2. The third kappa shape index (κ3) is 4.32. The third-order valence-electron chi connectivity index (χ3n) is 1.83. The van der Waals surface area contributed by atoms with E-state index in [1.54, 1.807) is 0 Å². The van der Waals surface area contributed by atoms with Crippen LogP contribution in [0.2, 0.25) is 0 Å². The fraction of sp³-hybridized carbons (Fsp3) is 1.00. The average Bonchev–Trinajstić information content (AvgIpc) is 2.04. The summed E-state index contributed by atoms with van der Waals surface area (Å²) in [4.78, 5) is 0. The van der Waals surface area contributed by atoms with Gasteiger partial charge in [0.25, 0.3) is 5.92 Å². The van der Waals surface area contributed by atoms with Crippen molar-refractivity contribution in [2.24, 2.45) is 0 Å². The Morgan fingerprint density at radius 3 is 2.07 bits per heavy atom. The van der Waals surface area contributed by atoms with Crippen LogP contribution in [0.5, 0.6) is 0 Å². The largest absolute Gasteiger partial charge is 0.261 e. The molecular weight excluding hydrogens is 212 g/mol. The zero-order valence-corrected chi connectivity index (χ0v) is 9.57. The second-order valence-electron chi connectivity index (χ2n) is 3.06. The van der Waals surface area contributed by atoms with Crippen LogP contribution in [0.4, 0.5) is 8.78 Å². The van der Waals surface area contributed by atoms with E-state index in [1.807, 2.05) is 13.8 Å². The van der Waals surface area contributed by atoms with Gasteiger partial charge in [-0.15, -0.1) is 0 Å². The predicted molar refractivity (Wildman–Crippen MR) is 51.9 cm³/mol. The van der Waals surface area contributed by atoms with Crippen molar-refractivity contribution in [3.63, 3.8) is 0 Å². The number of sulfonamides is 1. The smallest absolute Gasteiger partial charge is 0.213 e. The van der Waals surface area contributed by atoms with Gasteiger partial charge in [0.2, 0.25) is 10.0 Å². The van der Waals surface area contributed by atoms with Crippen LogP contribution in [-0.2, 0) is 10.0 Å². The van der Waals surface area contributed by atoms with E-state index in [4.69, 9.17) is 0 Å². The molecule has 0 unspecified atom stereocenters. The molecule has 1 saturated heterocycles. The molecule has 0 bridgehead atoms. The van der Waals surface area contributed by atoms with Crippen molar-refractivity contribution < 1.29 is 17.2 Å². The maximum absolute atomic E-state index is 12.7. The monoisotopic (exact) mass is 229 g/mol. The molecule has 0 saturated carbocycles. The highest BCUT2D eigenvalue weighted by Gasteiger charge is 2.38. The number of hydrogen-bond donors (Lipinski definition) is 0. The molecule has 1 aliphatic rings. The second-order valence-corrected chi connectivity index (χ2v) is 5.04. The summed E-state index contributed by atoms with van der Waals surface area (Å²) in [6.45, 7) is 3.56. The van der Waals surface area contributed by atoms with Gasteiger partial charge >= 0.3 is 0 Å². The molecule has 0 aromatic heterocycles. The summed E-state index contributed by atoms with van der Waals surface area (Å²) >= 11 is 0. The summed E-state index contributed by atoms with van der Waals surface area (Å²) in [5.74, 6) is -2.85. The van der Waals surface area contributed by atoms with E-state index in [2.05, 4.69) is 0 Å². The van der Waals surface area contributed by atoms with Gasteiger partial charge in [-0.3, -0.25) is 0 Å². The molecule has 14 heavy (non-hydrogen) atoms. The number of alkyl halides is 2. The van der Waals surface area contributed by atoms with Crippen molar-refractivity contribution in [3.8, 4) is 0 Å². The van der Waals surface area contributed by atoms with E-state index in [9.17, 15) is 17.2 Å². The molecule has 0 N–H and O–H groups in total. The van der Waals surface area contributed by atoms with Gasteiger partial charge in [0, 0.05) is 13.0 Å². The fourth-order valence-corrected chi connectivity index (χ4v) is 2.10. The lowest BCUT2D eigenvalue weighted by Crippen LogP contribution is -2.45. The Kier molecular flexibility index (Phi) is 4.94. The third-order valence-corrected chi connectivity index (χ3v) is 3.08. The Labute approximate surface area is 84.1 Å². The molecule has 1 fully saturated rings. The number of rotatable bonds is 1. The number of nitrogens with zero attached hydrogens (tertiary/aromatic N) is 1. The maximum Gasteiger partial charge on any atom is 0.261 e. The van der Waals surface area contributed by atoms with Gasteiger partial charge in [0.05, 0.1) is 12.8 Å². The molecule has 1 aliphatic heterocycles. The van der Waals surface area contributed by atoms with Crippen molar-refractivity contribution in [1.82, 2.24) is 4.31 Å². The lowest BCUT2D eigenvalue weighted by molar-refractivity contribution is -0.0432. The minimum atomic E-state index is -3.44. The van der Waals surface area contributed by atoms with Gasteiger partial charge in [-0.2, -0.15) is 4.31 Å². The minimum absolute atomic E-state index is 0.209. The normalized spacial score (nSPS) is 22.4. The van der Waals surface area contributed by atoms with Gasteiger partial charge in [-0.05, 0) is 6.42 Å². The molecule has 6 heteroatoms. The summed E-state index contributed by atoms with van der Waals surface area (Å²) in [7, 11) is -3.44. The SMILES string of the molecule is CC.CS(=O)(=O)N1CCCC(F)(F)C1. The molecule has 0 amide bonds. The van der Waals surface area contributed by atoms with Gasteiger partial charge in [-0.25, -0.2) is 17.2 Å². The van der Waals surface area contributed by atoms with Gasteiger partial charge in [0.15, 0.2) is 0 Å². The Bertz CT molecular complexity index is 265. The molecule has 3 nitrogen and oxygen atoms in total. The van der Waals surface area contributed by atoms with Crippen molar-refractivity contribution in [2.45, 2.75) is 32.6 Å². The summed E-state index contributed by atoms with van der Waals surface area (Å²) in [5.41, 5.74) is 0. The molecule has 0 atom stereocenters. The lowest BCUT2D eigenvalue weighted by atomic mass is 10.1. The highest BCUT2D eigenvalue weighted by molar-refractivity contribution is 7.88. The van der Waals surface area contributed by atoms with Crippen molar-refractivity contribution in [3.05, 3.63) is 0 Å². The Balaban J connectivity index is 0.000000791. The summed E-state index contributed by atoms with van der Waals surface area (Å²) < 4.78 is 47.9. The zero-order valence-electron chi connectivity index (χ0n) is 8.76. The number of halogens is 2. The first-order valence-corrected chi connectivity index (χ1v) is 6.49. The minimum Gasteiger partial charge on any atom is -0.213 e. The molecule has 86 valence electrons. The number of piperidine rings is 1. The Morgan fingerprint density at radius 2 is 1.79 bits per heavy atom. The van der Waals surface area contributed by atoms with Crippen LogP contribution in [0.25, 0.3) is 0 Å². The summed E-state index contributed by atoms with van der Waals surface area (Å²) in [5, 5.41) is 0. The van der Waals surface area contributed by atoms with Crippen molar-refractivity contribution >= 4 is 10.0 Å². The predicted octanol–water partition coefficient (Wildman–Crippen LogP) is 1.70. The summed E-state index contributed by atoms with van der Waals surface area (Å²) in [6.07, 6.45) is 0.980. The second kappa shape index (κ2) is 5.02. The molecule has 0 aromatic rings. The van der Waals surface area contributed by atoms with Crippen LogP contribution in [0.3, 0.4) is 0 Å². The summed E-state index contributed by atoms with van der Waals surface area (Å²) in [6, 6.07) is 0. The van der Waals surface area contributed by atoms with Crippen LogP contribution in [0.15, 0.2) is 0 Å². The molecule has 0 radical (unpaired) electrons. The molecule has 0 spiro atoms. The van der Waals surface area contributed by atoms with Gasteiger partial charge in [-0.1, -0.05) is 13.8 Å². The van der Waals surface area contributed by atoms with E-state index in [0.29, 0.717) is 0 Å². The quantitative estimate of drug-likeness (QED) is 0.686. The van der Waals surface area contributed by atoms with Crippen LogP contribution >= 0.6 is 0 Å². The first-order valence-electron chi connectivity index (χ1n) is 4.64. The van der Waals surface area contributed by atoms with E-state index in [0.717, 1.165) is 10.6 Å². The number of hydrogen-bond acceptors (Lipinski definition) is 2. The highest BCUT2D eigenvalue weighted by Crippen LogP contribution is 2.27. The van der Waals surface area contributed by atoms with Crippen LogP contribution in [-0.4, -0.2) is 38.0 Å². The van der Waals surface area contributed by atoms with Crippen LogP contribution in [0, 0.1) is 0 Å². The van der Waals surface area contributed by atoms with Crippen LogP contribution < -0.4 is 0 Å². The van der Waals surface area contributed by atoms with Crippen molar-refractivity contribution in [1.29, 1.82) is 0 Å². The zero-order chi connectivity index (χ0) is 11.4. The lowest BCUT2D eigenvalue weighted by Gasteiger charge is -2.30. The van der Waals surface area contributed by atoms with E-state index in [-0.39, 0.29) is 19.4 Å². The van der Waals surface area contributed by atoms with Crippen LogP contribution in [0.1, 0.15) is 26.7 Å². The molecule has 1 rings (SSSR count). The van der Waals surface area contributed by atoms with Gasteiger partial charge < -0.3 is 0 Å². The topological polar surface area (TPSA) is 37.4 Å². The molecular formula is C8H17F2NO2S. The van der Waals surface area contributed by atoms with E-state index in [1.165, 1.54) is 0 Å². The van der Waals surface area contributed by atoms with Gasteiger partial charge in [0.1, 0.15) is 0 Å². The first-order chi connectivity index (χ1) is 6.31. The van der Waals surface area contributed by atoms with E-state index >= 15 is 0 Å². The fourth-order valence-electron chi connectivity index (χ4n) is 1.21. The molecule has 1 heterocycles. The molecule has 0 aliphatic carbocycles. The average molecular weight is 229 g/mol. The Hall–Kier alpha value is -0.230.